The number of hydrogen-bond donors (Lipinski definition) is 1. The van der Waals surface area contributed by atoms with Crippen LogP contribution in [0.15, 0.2) is 60.7 Å². The second-order valence-corrected chi connectivity index (χ2v) is 4.38. The van der Waals surface area contributed by atoms with E-state index >= 15 is 0 Å². The first kappa shape index (κ1) is 10.8. The molecule has 3 rings (SSSR count). The third kappa shape index (κ3) is 2.35. The Morgan fingerprint density at radius 3 is 2.33 bits per heavy atom. The highest BCUT2D eigenvalue weighted by molar-refractivity contribution is 5.72. The van der Waals surface area contributed by atoms with Crippen molar-refractivity contribution in [2.24, 2.45) is 0 Å². The van der Waals surface area contributed by atoms with Crippen LogP contribution in [0.2, 0.25) is 0 Å². The summed E-state index contributed by atoms with van der Waals surface area (Å²) in [5.74, 6) is 0. The molecule has 0 bridgehead atoms. The van der Waals surface area contributed by atoms with Crippen molar-refractivity contribution in [3.63, 3.8) is 0 Å². The van der Waals surface area contributed by atoms with Crippen molar-refractivity contribution in [1.29, 1.82) is 0 Å². The zero-order chi connectivity index (χ0) is 12.2. The molecule has 2 aromatic carbocycles. The lowest BCUT2D eigenvalue weighted by Crippen LogP contribution is -1.91. The largest absolute Gasteiger partial charge is 0.356 e. The van der Waals surface area contributed by atoms with Gasteiger partial charge in [0.25, 0.3) is 0 Å². The van der Waals surface area contributed by atoms with Crippen LogP contribution in [-0.2, 0) is 0 Å². The fraction of sp³-hybridized carbons (Fsp3) is 0.0588. The van der Waals surface area contributed by atoms with Gasteiger partial charge in [-0.15, -0.1) is 0 Å². The van der Waals surface area contributed by atoms with E-state index in [0.29, 0.717) is 0 Å². The first-order valence-electron chi connectivity index (χ1n) is 6.21. The van der Waals surface area contributed by atoms with Gasteiger partial charge in [0.1, 0.15) is 0 Å². The summed E-state index contributed by atoms with van der Waals surface area (Å²) in [6.07, 6.45) is 9.75. The summed E-state index contributed by atoms with van der Waals surface area (Å²) in [5.41, 5.74) is 4.79. The van der Waals surface area contributed by atoms with Gasteiger partial charge >= 0.3 is 0 Å². The number of fused-ring (bicyclic) bond motifs is 1. The van der Waals surface area contributed by atoms with Gasteiger partial charge in [-0.25, -0.2) is 0 Å². The molecule has 0 spiro atoms. The summed E-state index contributed by atoms with van der Waals surface area (Å²) in [4.78, 5) is 0. The van der Waals surface area contributed by atoms with Crippen LogP contribution in [0.4, 0.5) is 11.4 Å². The molecule has 0 aromatic heterocycles. The molecular formula is C17H15N. The number of nitrogens with one attached hydrogen (secondary N) is 1. The minimum atomic E-state index is 1.01. The van der Waals surface area contributed by atoms with Gasteiger partial charge in [0.15, 0.2) is 0 Å². The Bertz CT molecular complexity index is 594. The number of anilines is 2. The van der Waals surface area contributed by atoms with E-state index in [-0.39, 0.29) is 0 Å². The maximum atomic E-state index is 3.42. The molecule has 0 fully saturated rings. The molecule has 0 unspecified atom stereocenters. The van der Waals surface area contributed by atoms with E-state index in [2.05, 4.69) is 60.0 Å². The average Bonchev–Trinajstić information content (AvgIpc) is 2.64. The molecule has 0 amide bonds. The molecule has 18 heavy (non-hydrogen) atoms. The highest BCUT2D eigenvalue weighted by Gasteiger charge is 2.01. The molecule has 0 heterocycles. The second-order valence-electron chi connectivity index (χ2n) is 4.38. The number of rotatable bonds is 2. The average molecular weight is 233 g/mol. The lowest BCUT2D eigenvalue weighted by molar-refractivity contribution is 1.44. The lowest BCUT2D eigenvalue weighted by atomic mass is 10.1. The molecule has 0 saturated heterocycles. The molecule has 1 aliphatic carbocycles. The van der Waals surface area contributed by atoms with Gasteiger partial charge in [-0.1, -0.05) is 48.6 Å². The predicted molar refractivity (Wildman–Crippen MR) is 78.9 cm³/mol. The summed E-state index contributed by atoms with van der Waals surface area (Å²) in [5, 5.41) is 3.42. The normalized spacial score (nSPS) is 12.9. The first-order valence-corrected chi connectivity index (χ1v) is 6.21. The molecule has 88 valence electrons. The molecule has 1 heteroatoms. The van der Waals surface area contributed by atoms with E-state index in [4.69, 9.17) is 0 Å². The van der Waals surface area contributed by atoms with Crippen molar-refractivity contribution in [3.8, 4) is 0 Å². The van der Waals surface area contributed by atoms with Gasteiger partial charge in [-0.05, 0) is 41.8 Å². The van der Waals surface area contributed by atoms with Crippen molar-refractivity contribution in [2.75, 3.05) is 5.32 Å². The van der Waals surface area contributed by atoms with Crippen LogP contribution in [0, 0.1) is 0 Å². The Morgan fingerprint density at radius 1 is 0.722 bits per heavy atom. The minimum Gasteiger partial charge on any atom is -0.356 e. The number of para-hydroxylation sites is 1. The molecular weight excluding hydrogens is 218 g/mol. The topological polar surface area (TPSA) is 12.0 Å². The van der Waals surface area contributed by atoms with E-state index in [0.717, 1.165) is 17.8 Å². The minimum absolute atomic E-state index is 1.01. The summed E-state index contributed by atoms with van der Waals surface area (Å²) >= 11 is 0. The Balaban J connectivity index is 1.91. The molecule has 0 radical (unpaired) electrons. The smallest absolute Gasteiger partial charge is 0.0390 e. The molecule has 1 N–H and O–H groups in total. The molecule has 1 aliphatic rings. The van der Waals surface area contributed by atoms with Crippen molar-refractivity contribution >= 4 is 23.5 Å². The first-order chi connectivity index (χ1) is 8.92. The van der Waals surface area contributed by atoms with Gasteiger partial charge in [-0.3, -0.25) is 0 Å². The number of hydrogen-bond acceptors (Lipinski definition) is 1. The fourth-order valence-corrected chi connectivity index (χ4v) is 2.11. The van der Waals surface area contributed by atoms with E-state index in [1.807, 2.05) is 18.2 Å². The van der Waals surface area contributed by atoms with Crippen LogP contribution in [0.3, 0.4) is 0 Å². The quantitative estimate of drug-likeness (QED) is 0.781. The molecule has 0 atom stereocenters. The third-order valence-corrected chi connectivity index (χ3v) is 3.02. The number of benzene rings is 2. The standard InChI is InChI=1S/C17H15N/c1-3-7-14-11-12-17(13-15(14)8-4-1)18-16-9-5-2-6-10-16/h2-13,18H,1H2. The monoisotopic (exact) mass is 233 g/mol. The van der Waals surface area contributed by atoms with Crippen molar-refractivity contribution < 1.29 is 0 Å². The predicted octanol–water partition coefficient (Wildman–Crippen LogP) is 4.86. The van der Waals surface area contributed by atoms with Crippen LogP contribution in [0.1, 0.15) is 17.5 Å². The Labute approximate surface area is 107 Å². The number of allylic oxidation sites excluding steroid dienone is 2. The van der Waals surface area contributed by atoms with Crippen LogP contribution < -0.4 is 5.32 Å². The fourth-order valence-electron chi connectivity index (χ4n) is 2.11. The maximum absolute atomic E-state index is 3.42. The van der Waals surface area contributed by atoms with E-state index in [1.54, 1.807) is 0 Å². The van der Waals surface area contributed by atoms with Crippen LogP contribution >= 0.6 is 0 Å². The van der Waals surface area contributed by atoms with Gasteiger partial charge in [0.2, 0.25) is 0 Å². The zero-order valence-corrected chi connectivity index (χ0v) is 10.1. The summed E-state index contributed by atoms with van der Waals surface area (Å²) in [7, 11) is 0. The van der Waals surface area contributed by atoms with Crippen LogP contribution in [0.5, 0.6) is 0 Å². The molecule has 1 nitrogen and oxygen atoms in total. The Morgan fingerprint density at radius 2 is 1.50 bits per heavy atom. The maximum Gasteiger partial charge on any atom is 0.0390 e. The summed E-state index contributed by atoms with van der Waals surface area (Å²) in [6.45, 7) is 0. The Kier molecular flexibility index (Phi) is 2.97. The molecule has 2 aromatic rings. The van der Waals surface area contributed by atoms with Crippen LogP contribution in [-0.4, -0.2) is 0 Å². The summed E-state index contributed by atoms with van der Waals surface area (Å²) in [6, 6.07) is 16.7. The SMILES string of the molecule is C1=Cc2ccc(Nc3ccccc3)cc2C=CC1. The molecule has 0 saturated carbocycles. The van der Waals surface area contributed by atoms with Crippen LogP contribution in [0.25, 0.3) is 12.2 Å². The van der Waals surface area contributed by atoms with E-state index in [9.17, 15) is 0 Å². The van der Waals surface area contributed by atoms with E-state index in [1.165, 1.54) is 11.1 Å². The third-order valence-electron chi connectivity index (χ3n) is 3.02. The van der Waals surface area contributed by atoms with Crippen molar-refractivity contribution in [3.05, 3.63) is 71.8 Å². The van der Waals surface area contributed by atoms with Gasteiger partial charge in [-0.2, -0.15) is 0 Å². The second kappa shape index (κ2) is 4.92. The van der Waals surface area contributed by atoms with Gasteiger partial charge in [0, 0.05) is 11.4 Å². The van der Waals surface area contributed by atoms with Crippen molar-refractivity contribution in [1.82, 2.24) is 0 Å². The Hall–Kier alpha value is -2.28. The van der Waals surface area contributed by atoms with Crippen molar-refractivity contribution in [2.45, 2.75) is 6.42 Å². The summed E-state index contributed by atoms with van der Waals surface area (Å²) < 4.78 is 0. The molecule has 0 aliphatic heterocycles. The zero-order valence-electron chi connectivity index (χ0n) is 10.1. The lowest BCUT2D eigenvalue weighted by Gasteiger charge is -2.08. The van der Waals surface area contributed by atoms with Gasteiger partial charge < -0.3 is 5.32 Å². The van der Waals surface area contributed by atoms with E-state index < -0.39 is 0 Å². The van der Waals surface area contributed by atoms with Gasteiger partial charge in [0.05, 0.1) is 0 Å². The highest BCUT2D eigenvalue weighted by atomic mass is 14.9. The highest BCUT2D eigenvalue weighted by Crippen LogP contribution is 2.23.